The van der Waals surface area contributed by atoms with Gasteiger partial charge < -0.3 is 5.32 Å². The molecule has 1 heterocycles. The van der Waals surface area contributed by atoms with E-state index in [1.54, 1.807) is 0 Å². The Balaban J connectivity index is 2.35. The van der Waals surface area contributed by atoms with E-state index in [1.807, 2.05) is 14.0 Å². The molecule has 21 heavy (non-hydrogen) atoms. The summed E-state index contributed by atoms with van der Waals surface area (Å²) in [5, 5.41) is 8.00. The minimum absolute atomic E-state index is 0.248. The lowest BCUT2D eigenvalue weighted by molar-refractivity contribution is 0.538. The van der Waals surface area contributed by atoms with Crippen molar-refractivity contribution < 1.29 is 0 Å². The number of aryl methyl sites for hydroxylation is 3. The summed E-state index contributed by atoms with van der Waals surface area (Å²) in [5.74, 6) is 0. The molecule has 114 valence electrons. The molecular formula is C16H21Br2N3. The molecule has 1 N–H and O–H groups in total. The number of halogens is 2. The zero-order chi connectivity index (χ0) is 15.6. The van der Waals surface area contributed by atoms with Crippen molar-refractivity contribution >= 4 is 31.9 Å². The second-order valence-corrected chi connectivity index (χ2v) is 6.88. The third kappa shape index (κ3) is 3.58. The first kappa shape index (κ1) is 16.7. The Kier molecular flexibility index (Phi) is 5.63. The maximum absolute atomic E-state index is 4.58. The molecule has 0 saturated heterocycles. The molecule has 2 aromatic rings. The highest BCUT2D eigenvalue weighted by Crippen LogP contribution is 2.30. The van der Waals surface area contributed by atoms with Crippen LogP contribution in [0.25, 0.3) is 0 Å². The van der Waals surface area contributed by atoms with Gasteiger partial charge in [-0.3, -0.25) is 4.68 Å². The van der Waals surface area contributed by atoms with Gasteiger partial charge in [0.2, 0.25) is 0 Å². The molecule has 0 saturated carbocycles. The number of nitrogens with one attached hydrogen (secondary N) is 1. The lowest BCUT2D eigenvalue weighted by atomic mass is 10.0. The van der Waals surface area contributed by atoms with E-state index in [4.69, 9.17) is 0 Å². The van der Waals surface area contributed by atoms with Crippen LogP contribution in [0.3, 0.4) is 0 Å². The number of likely N-dealkylation sites (N-methyl/N-ethyl adjacent to an activating group) is 1. The van der Waals surface area contributed by atoms with Crippen molar-refractivity contribution in [3.05, 3.63) is 49.7 Å². The third-order valence-corrected chi connectivity index (χ3v) is 5.45. The topological polar surface area (TPSA) is 29.9 Å². The van der Waals surface area contributed by atoms with E-state index < -0.39 is 0 Å². The minimum Gasteiger partial charge on any atom is -0.313 e. The molecular weight excluding hydrogens is 394 g/mol. The van der Waals surface area contributed by atoms with Crippen LogP contribution in [0.15, 0.2) is 27.1 Å². The molecule has 3 nitrogen and oxygen atoms in total. The van der Waals surface area contributed by atoms with Gasteiger partial charge in [-0.25, -0.2) is 0 Å². The fraction of sp³-hybridized carbons (Fsp3) is 0.438. The van der Waals surface area contributed by atoms with Crippen molar-refractivity contribution in [1.29, 1.82) is 0 Å². The van der Waals surface area contributed by atoms with Gasteiger partial charge in [0, 0.05) is 23.5 Å². The average molecular weight is 415 g/mol. The number of benzene rings is 1. The maximum atomic E-state index is 4.58. The Morgan fingerprint density at radius 1 is 1.29 bits per heavy atom. The second kappa shape index (κ2) is 7.07. The van der Waals surface area contributed by atoms with Crippen LogP contribution in [0.5, 0.6) is 0 Å². The van der Waals surface area contributed by atoms with Crippen molar-refractivity contribution in [1.82, 2.24) is 15.1 Å². The van der Waals surface area contributed by atoms with E-state index in [0.29, 0.717) is 0 Å². The lowest BCUT2D eigenvalue weighted by Gasteiger charge is -2.19. The molecule has 0 spiro atoms. The van der Waals surface area contributed by atoms with Crippen LogP contribution >= 0.6 is 31.9 Å². The molecule has 0 radical (unpaired) electrons. The third-order valence-electron chi connectivity index (χ3n) is 3.73. The van der Waals surface area contributed by atoms with Crippen LogP contribution in [-0.4, -0.2) is 16.8 Å². The molecule has 0 aliphatic heterocycles. The zero-order valence-corrected chi connectivity index (χ0v) is 16.0. The van der Waals surface area contributed by atoms with E-state index in [-0.39, 0.29) is 6.04 Å². The maximum Gasteiger partial charge on any atom is 0.0738 e. The molecule has 0 amide bonds. The predicted octanol–water partition coefficient (Wildman–Crippen LogP) is 4.55. The van der Waals surface area contributed by atoms with Crippen LogP contribution in [0.4, 0.5) is 0 Å². The fourth-order valence-corrected chi connectivity index (χ4v) is 3.76. The van der Waals surface area contributed by atoms with Gasteiger partial charge in [0.1, 0.15) is 0 Å². The van der Waals surface area contributed by atoms with Crippen LogP contribution in [0.2, 0.25) is 0 Å². The normalized spacial score (nSPS) is 12.7. The molecule has 0 aliphatic rings. The first-order chi connectivity index (χ1) is 9.97. The van der Waals surface area contributed by atoms with E-state index in [1.165, 1.54) is 16.8 Å². The average Bonchev–Trinajstić information content (AvgIpc) is 2.72. The predicted molar refractivity (Wildman–Crippen MR) is 94.7 cm³/mol. The highest BCUT2D eigenvalue weighted by atomic mass is 79.9. The number of hydrogen-bond donors (Lipinski definition) is 1. The van der Waals surface area contributed by atoms with Gasteiger partial charge in [-0.2, -0.15) is 5.10 Å². The van der Waals surface area contributed by atoms with E-state index in [0.717, 1.165) is 27.6 Å². The van der Waals surface area contributed by atoms with Gasteiger partial charge in [0.15, 0.2) is 0 Å². The molecule has 5 heteroatoms. The molecule has 1 aromatic heterocycles. The Morgan fingerprint density at radius 2 is 2.00 bits per heavy atom. The monoisotopic (exact) mass is 413 g/mol. The van der Waals surface area contributed by atoms with Crippen LogP contribution in [0.1, 0.15) is 35.5 Å². The molecule has 0 bridgehead atoms. The Bertz CT molecular complexity index is 635. The second-order valence-electron chi connectivity index (χ2n) is 5.23. The minimum atomic E-state index is 0.248. The lowest BCUT2D eigenvalue weighted by Crippen LogP contribution is -2.21. The summed E-state index contributed by atoms with van der Waals surface area (Å²) in [6, 6.07) is 6.75. The Labute approximate surface area is 143 Å². The first-order valence-corrected chi connectivity index (χ1v) is 8.71. The largest absolute Gasteiger partial charge is 0.313 e. The Hall–Kier alpha value is -0.650. The van der Waals surface area contributed by atoms with E-state index in [2.05, 4.69) is 79.0 Å². The highest BCUT2D eigenvalue weighted by Gasteiger charge is 2.19. The molecule has 0 aliphatic carbocycles. The van der Waals surface area contributed by atoms with Gasteiger partial charge in [-0.15, -0.1) is 0 Å². The number of aromatic nitrogens is 2. The SMILES string of the molecule is CCn1nc(C)c(Br)c1CC(NC)c1ccc(C)cc1Br. The standard InChI is InChI=1S/C16H21Br2N3/c1-5-21-15(16(18)11(3)20-21)9-14(19-4)12-7-6-10(2)8-13(12)17/h6-8,14,19H,5,9H2,1-4H3. The van der Waals surface area contributed by atoms with Crippen molar-refractivity contribution in [2.75, 3.05) is 7.05 Å². The van der Waals surface area contributed by atoms with Gasteiger partial charge in [0.25, 0.3) is 0 Å². The van der Waals surface area contributed by atoms with Gasteiger partial charge in [-0.05, 0) is 60.9 Å². The molecule has 1 atom stereocenters. The van der Waals surface area contributed by atoms with E-state index >= 15 is 0 Å². The molecule has 1 aromatic carbocycles. The summed E-state index contributed by atoms with van der Waals surface area (Å²) in [6.45, 7) is 7.15. The van der Waals surface area contributed by atoms with Crippen molar-refractivity contribution in [3.63, 3.8) is 0 Å². The zero-order valence-electron chi connectivity index (χ0n) is 12.9. The summed E-state index contributed by atoms with van der Waals surface area (Å²) >= 11 is 7.37. The summed E-state index contributed by atoms with van der Waals surface area (Å²) in [6.07, 6.45) is 0.896. The summed E-state index contributed by atoms with van der Waals surface area (Å²) in [7, 11) is 2.00. The molecule has 2 rings (SSSR count). The van der Waals surface area contributed by atoms with Crippen molar-refractivity contribution in [2.24, 2.45) is 0 Å². The smallest absolute Gasteiger partial charge is 0.0738 e. The summed E-state index contributed by atoms with van der Waals surface area (Å²) in [4.78, 5) is 0. The summed E-state index contributed by atoms with van der Waals surface area (Å²) in [5.41, 5.74) is 4.82. The first-order valence-electron chi connectivity index (χ1n) is 7.13. The quantitative estimate of drug-likeness (QED) is 0.777. The van der Waals surface area contributed by atoms with E-state index in [9.17, 15) is 0 Å². The molecule has 1 unspecified atom stereocenters. The van der Waals surface area contributed by atoms with Crippen LogP contribution in [0, 0.1) is 13.8 Å². The summed E-state index contributed by atoms with van der Waals surface area (Å²) < 4.78 is 4.34. The number of rotatable bonds is 5. The van der Waals surface area contributed by atoms with Gasteiger partial charge in [0.05, 0.1) is 15.9 Å². The highest BCUT2D eigenvalue weighted by molar-refractivity contribution is 9.10. The Morgan fingerprint density at radius 3 is 2.57 bits per heavy atom. The van der Waals surface area contributed by atoms with Crippen LogP contribution in [-0.2, 0) is 13.0 Å². The van der Waals surface area contributed by atoms with Crippen molar-refractivity contribution in [2.45, 2.75) is 39.8 Å². The molecule has 0 fully saturated rings. The number of nitrogens with zero attached hydrogens (tertiary/aromatic N) is 2. The van der Waals surface area contributed by atoms with Gasteiger partial charge >= 0.3 is 0 Å². The fourth-order valence-electron chi connectivity index (χ4n) is 2.54. The number of hydrogen-bond acceptors (Lipinski definition) is 2. The van der Waals surface area contributed by atoms with Crippen LogP contribution < -0.4 is 5.32 Å². The van der Waals surface area contributed by atoms with Gasteiger partial charge in [-0.1, -0.05) is 28.1 Å². The van der Waals surface area contributed by atoms with Crippen molar-refractivity contribution in [3.8, 4) is 0 Å².